The van der Waals surface area contributed by atoms with Crippen LogP contribution >= 0.6 is 0 Å². The molecule has 5 nitrogen and oxygen atoms in total. The highest BCUT2D eigenvalue weighted by atomic mass is 19.1. The predicted octanol–water partition coefficient (Wildman–Crippen LogP) is 2.39. The Kier molecular flexibility index (Phi) is 3.83. The summed E-state index contributed by atoms with van der Waals surface area (Å²) in [5.41, 5.74) is 0.183. The lowest BCUT2D eigenvalue weighted by atomic mass is 10.0. The van der Waals surface area contributed by atoms with Gasteiger partial charge in [-0.05, 0) is 32.9 Å². The number of carboxylic acid groups (broad SMARTS) is 1. The van der Waals surface area contributed by atoms with Gasteiger partial charge in [0.25, 0.3) is 0 Å². The van der Waals surface area contributed by atoms with E-state index in [0.29, 0.717) is 6.54 Å². The zero-order chi connectivity index (χ0) is 14.9. The first-order chi connectivity index (χ1) is 9.30. The molecule has 0 bridgehead atoms. The van der Waals surface area contributed by atoms with Crippen LogP contribution in [-0.2, 0) is 0 Å². The molecule has 1 saturated heterocycles. The van der Waals surface area contributed by atoms with Gasteiger partial charge >= 0.3 is 6.09 Å². The van der Waals surface area contributed by atoms with E-state index in [1.807, 2.05) is 11.0 Å². The van der Waals surface area contributed by atoms with Crippen molar-refractivity contribution >= 4 is 11.8 Å². The SMILES string of the molecule is CC(C)(C)N(C(=O)O)[C@H]1CN(c2cccnc2)C[C@H]1F. The van der Waals surface area contributed by atoms with E-state index in [1.165, 1.54) is 4.90 Å². The highest BCUT2D eigenvalue weighted by Crippen LogP contribution is 2.28. The molecule has 1 aliphatic rings. The van der Waals surface area contributed by atoms with Gasteiger partial charge in [0, 0.05) is 18.3 Å². The molecular formula is C14H20FN3O2. The summed E-state index contributed by atoms with van der Waals surface area (Å²) < 4.78 is 14.3. The minimum atomic E-state index is -1.20. The highest BCUT2D eigenvalue weighted by Gasteiger charge is 2.43. The maximum absolute atomic E-state index is 14.3. The molecule has 2 rings (SSSR count). The second-order valence-corrected chi connectivity index (χ2v) is 6.02. The summed E-state index contributed by atoms with van der Waals surface area (Å²) in [7, 11) is 0. The van der Waals surface area contributed by atoms with Crippen molar-refractivity contribution in [2.24, 2.45) is 0 Å². The monoisotopic (exact) mass is 281 g/mol. The highest BCUT2D eigenvalue weighted by molar-refractivity contribution is 5.67. The van der Waals surface area contributed by atoms with Crippen LogP contribution in [0, 0.1) is 0 Å². The van der Waals surface area contributed by atoms with Gasteiger partial charge < -0.3 is 10.0 Å². The van der Waals surface area contributed by atoms with E-state index in [2.05, 4.69) is 4.98 Å². The van der Waals surface area contributed by atoms with E-state index in [9.17, 15) is 14.3 Å². The molecule has 1 amide bonds. The van der Waals surface area contributed by atoms with Gasteiger partial charge in [-0.2, -0.15) is 0 Å². The number of rotatable bonds is 2. The van der Waals surface area contributed by atoms with E-state index in [1.54, 1.807) is 39.2 Å². The molecule has 0 saturated carbocycles. The molecule has 1 fully saturated rings. The van der Waals surface area contributed by atoms with Crippen molar-refractivity contribution < 1.29 is 14.3 Å². The minimum Gasteiger partial charge on any atom is -0.465 e. The Balaban J connectivity index is 2.20. The van der Waals surface area contributed by atoms with Crippen LogP contribution in [0.2, 0.25) is 0 Å². The molecule has 1 aliphatic heterocycles. The zero-order valence-corrected chi connectivity index (χ0v) is 12.0. The number of hydrogen-bond donors (Lipinski definition) is 1. The smallest absolute Gasteiger partial charge is 0.408 e. The predicted molar refractivity (Wildman–Crippen MR) is 74.8 cm³/mol. The lowest BCUT2D eigenvalue weighted by molar-refractivity contribution is 0.0542. The van der Waals surface area contributed by atoms with Crippen molar-refractivity contribution in [2.45, 2.75) is 38.5 Å². The van der Waals surface area contributed by atoms with Crippen LogP contribution in [0.15, 0.2) is 24.5 Å². The number of aromatic nitrogens is 1. The Morgan fingerprint density at radius 1 is 1.50 bits per heavy atom. The maximum Gasteiger partial charge on any atom is 0.408 e. The van der Waals surface area contributed by atoms with Crippen molar-refractivity contribution in [3.8, 4) is 0 Å². The summed E-state index contributed by atoms with van der Waals surface area (Å²) in [6, 6.07) is 2.98. The molecule has 0 unspecified atom stereocenters. The van der Waals surface area contributed by atoms with Crippen LogP contribution < -0.4 is 4.90 Å². The van der Waals surface area contributed by atoms with Gasteiger partial charge in [-0.25, -0.2) is 9.18 Å². The second-order valence-electron chi connectivity index (χ2n) is 6.02. The fraction of sp³-hybridized carbons (Fsp3) is 0.571. The summed E-state index contributed by atoms with van der Waals surface area (Å²) in [5, 5.41) is 9.37. The van der Waals surface area contributed by atoms with Crippen molar-refractivity contribution in [2.75, 3.05) is 18.0 Å². The van der Waals surface area contributed by atoms with E-state index < -0.39 is 23.8 Å². The first kappa shape index (κ1) is 14.6. The number of amides is 1. The largest absolute Gasteiger partial charge is 0.465 e. The Labute approximate surface area is 118 Å². The van der Waals surface area contributed by atoms with Crippen LogP contribution in [0.1, 0.15) is 20.8 Å². The molecule has 2 atom stereocenters. The van der Waals surface area contributed by atoms with E-state index in [-0.39, 0.29) is 6.54 Å². The summed E-state index contributed by atoms with van der Waals surface area (Å²) in [5.74, 6) is 0. The quantitative estimate of drug-likeness (QED) is 0.904. The number of alkyl halides is 1. The van der Waals surface area contributed by atoms with Gasteiger partial charge in [0.1, 0.15) is 6.17 Å². The number of halogens is 1. The summed E-state index contributed by atoms with van der Waals surface area (Å²) >= 11 is 0. The van der Waals surface area contributed by atoms with Crippen molar-refractivity contribution in [1.29, 1.82) is 0 Å². The van der Waals surface area contributed by atoms with Gasteiger partial charge in [-0.1, -0.05) is 0 Å². The Hall–Kier alpha value is -1.85. The van der Waals surface area contributed by atoms with Crippen LogP contribution in [0.25, 0.3) is 0 Å². The fourth-order valence-corrected chi connectivity index (χ4v) is 2.67. The molecule has 1 N–H and O–H groups in total. The van der Waals surface area contributed by atoms with E-state index in [0.717, 1.165) is 5.69 Å². The van der Waals surface area contributed by atoms with Crippen molar-refractivity contribution in [3.63, 3.8) is 0 Å². The van der Waals surface area contributed by atoms with Crippen LogP contribution in [0.5, 0.6) is 0 Å². The van der Waals surface area contributed by atoms with Gasteiger partial charge in [0.05, 0.1) is 24.5 Å². The van der Waals surface area contributed by atoms with Gasteiger partial charge in [0.2, 0.25) is 0 Å². The molecule has 1 aromatic rings. The molecule has 0 aromatic carbocycles. The molecule has 2 heterocycles. The summed E-state index contributed by atoms with van der Waals surface area (Å²) in [6.07, 6.45) is 1.03. The number of anilines is 1. The van der Waals surface area contributed by atoms with Crippen LogP contribution in [-0.4, -0.2) is 51.9 Å². The fourth-order valence-electron chi connectivity index (χ4n) is 2.67. The molecular weight excluding hydrogens is 261 g/mol. The molecule has 6 heteroatoms. The standard InChI is InChI=1S/C14H20FN3O2/c1-14(2,3)18(13(19)20)12-9-17(8-11(12)15)10-5-4-6-16-7-10/h4-7,11-12H,8-9H2,1-3H3,(H,19,20)/t11-,12+/m1/s1. The van der Waals surface area contributed by atoms with Gasteiger partial charge in [-0.15, -0.1) is 0 Å². The average Bonchev–Trinajstić information content (AvgIpc) is 2.70. The third kappa shape index (κ3) is 2.84. The van der Waals surface area contributed by atoms with Crippen molar-refractivity contribution in [1.82, 2.24) is 9.88 Å². The Morgan fingerprint density at radius 3 is 2.70 bits per heavy atom. The average molecular weight is 281 g/mol. The topological polar surface area (TPSA) is 56.7 Å². The van der Waals surface area contributed by atoms with Crippen molar-refractivity contribution in [3.05, 3.63) is 24.5 Å². The zero-order valence-electron chi connectivity index (χ0n) is 12.0. The Morgan fingerprint density at radius 2 is 2.20 bits per heavy atom. The van der Waals surface area contributed by atoms with Crippen LogP contribution in [0.3, 0.4) is 0 Å². The third-order valence-electron chi connectivity index (χ3n) is 3.49. The first-order valence-electron chi connectivity index (χ1n) is 6.62. The minimum absolute atomic E-state index is 0.191. The molecule has 20 heavy (non-hydrogen) atoms. The van der Waals surface area contributed by atoms with E-state index in [4.69, 9.17) is 0 Å². The molecule has 0 spiro atoms. The molecule has 110 valence electrons. The first-order valence-corrected chi connectivity index (χ1v) is 6.62. The van der Waals surface area contributed by atoms with Gasteiger partial charge in [-0.3, -0.25) is 9.88 Å². The maximum atomic E-state index is 14.3. The number of hydrogen-bond acceptors (Lipinski definition) is 3. The lowest BCUT2D eigenvalue weighted by Gasteiger charge is -2.38. The summed E-state index contributed by atoms with van der Waals surface area (Å²) in [6.45, 7) is 5.87. The summed E-state index contributed by atoms with van der Waals surface area (Å²) in [4.78, 5) is 18.5. The normalized spacial score (nSPS) is 22.9. The van der Waals surface area contributed by atoms with Crippen LogP contribution in [0.4, 0.5) is 14.9 Å². The molecule has 0 aliphatic carbocycles. The number of carbonyl (C=O) groups is 1. The third-order valence-corrected chi connectivity index (χ3v) is 3.49. The number of pyridine rings is 1. The number of nitrogens with zero attached hydrogens (tertiary/aromatic N) is 3. The van der Waals surface area contributed by atoms with E-state index >= 15 is 0 Å². The molecule has 1 aromatic heterocycles. The Bertz CT molecular complexity index is 475. The lowest BCUT2D eigenvalue weighted by Crippen LogP contribution is -2.54. The van der Waals surface area contributed by atoms with Gasteiger partial charge in [0.15, 0.2) is 0 Å². The molecule has 0 radical (unpaired) electrons. The second kappa shape index (κ2) is 5.26.